The number of hydrogen-bond acceptors (Lipinski definition) is 4. The summed E-state index contributed by atoms with van der Waals surface area (Å²) >= 11 is 6.53. The van der Waals surface area contributed by atoms with Gasteiger partial charge in [0.2, 0.25) is 0 Å². The Morgan fingerprint density at radius 3 is 2.73 bits per heavy atom. The smallest absolute Gasteiger partial charge is 0.254 e. The molecule has 0 bridgehead atoms. The molecule has 0 N–H and O–H groups in total. The second-order valence-corrected chi connectivity index (χ2v) is 10.8. The Kier molecular flexibility index (Phi) is 5.21. The molecule has 1 aliphatic carbocycles. The number of benzene rings is 1. The van der Waals surface area contributed by atoms with Crippen LogP contribution in [0.5, 0.6) is 0 Å². The lowest BCUT2D eigenvalue weighted by Crippen LogP contribution is -2.36. The third-order valence-corrected chi connectivity index (χ3v) is 7.92. The Morgan fingerprint density at radius 2 is 2.00 bits per heavy atom. The molecule has 170 valence electrons. The quantitative estimate of drug-likeness (QED) is 0.630. The van der Waals surface area contributed by atoms with E-state index in [9.17, 15) is 10.1 Å². The molecule has 1 aromatic heterocycles. The predicted molar refractivity (Wildman–Crippen MR) is 128 cm³/mol. The fourth-order valence-electron chi connectivity index (χ4n) is 5.59. The first-order chi connectivity index (χ1) is 15.7. The van der Waals surface area contributed by atoms with Crippen LogP contribution >= 0.6 is 11.6 Å². The highest BCUT2D eigenvalue weighted by atomic mass is 35.5. The number of fused-ring (bicyclic) bond motifs is 1. The maximum Gasteiger partial charge on any atom is 0.254 e. The summed E-state index contributed by atoms with van der Waals surface area (Å²) in [6.45, 7) is 5.94. The molecule has 5 rings (SSSR count). The van der Waals surface area contributed by atoms with Gasteiger partial charge in [-0.05, 0) is 42.4 Å². The SMILES string of the molecule is CN1Cc2ccc(C3=NC(C#N)=C(Cl)CC3(C)c3cnn(CC4(C)CCCC4)c3)cc2C1=O. The maximum atomic E-state index is 12.6. The lowest BCUT2D eigenvalue weighted by molar-refractivity contribution is 0.0816. The number of aromatic nitrogens is 2. The minimum Gasteiger partial charge on any atom is -0.337 e. The van der Waals surface area contributed by atoms with Crippen molar-refractivity contribution in [2.45, 2.75) is 64.5 Å². The Morgan fingerprint density at radius 1 is 1.24 bits per heavy atom. The second-order valence-electron chi connectivity index (χ2n) is 10.3. The van der Waals surface area contributed by atoms with E-state index in [1.807, 2.05) is 29.1 Å². The number of rotatable bonds is 4. The molecule has 1 amide bonds. The molecular weight excluding hydrogens is 434 g/mol. The molecule has 3 aliphatic rings. The van der Waals surface area contributed by atoms with Crippen LogP contribution in [0.15, 0.2) is 46.3 Å². The van der Waals surface area contributed by atoms with E-state index in [0.717, 1.165) is 28.9 Å². The number of allylic oxidation sites excluding steroid dienone is 2. The molecule has 2 aromatic rings. The third kappa shape index (κ3) is 3.69. The Labute approximate surface area is 199 Å². The molecule has 0 radical (unpaired) electrons. The van der Waals surface area contributed by atoms with Crippen molar-refractivity contribution in [3.8, 4) is 6.07 Å². The van der Waals surface area contributed by atoms with Crippen LogP contribution < -0.4 is 0 Å². The van der Waals surface area contributed by atoms with Crippen molar-refractivity contribution < 1.29 is 4.79 Å². The summed E-state index contributed by atoms with van der Waals surface area (Å²) in [5.41, 5.74) is 4.27. The van der Waals surface area contributed by atoms with Gasteiger partial charge in [-0.1, -0.05) is 43.5 Å². The highest BCUT2D eigenvalue weighted by Crippen LogP contribution is 2.43. The first-order valence-corrected chi connectivity index (χ1v) is 11.9. The van der Waals surface area contributed by atoms with Gasteiger partial charge in [-0.2, -0.15) is 10.4 Å². The Balaban J connectivity index is 1.56. The molecule has 3 heterocycles. The molecule has 1 saturated carbocycles. The lowest BCUT2D eigenvalue weighted by Gasteiger charge is -2.33. The molecule has 1 fully saturated rings. The molecule has 6 nitrogen and oxygen atoms in total. The first-order valence-electron chi connectivity index (χ1n) is 11.5. The zero-order chi connectivity index (χ0) is 23.4. The van der Waals surface area contributed by atoms with Crippen LogP contribution in [-0.4, -0.2) is 33.3 Å². The number of carbonyl (C=O) groups is 1. The monoisotopic (exact) mass is 461 g/mol. The number of carbonyl (C=O) groups excluding carboxylic acids is 1. The molecular formula is C26H28ClN5O. The fourth-order valence-corrected chi connectivity index (χ4v) is 5.94. The summed E-state index contributed by atoms with van der Waals surface area (Å²) in [6, 6.07) is 8.04. The van der Waals surface area contributed by atoms with Crippen molar-refractivity contribution in [2.75, 3.05) is 7.05 Å². The summed E-state index contributed by atoms with van der Waals surface area (Å²) < 4.78 is 2.04. The predicted octanol–water partition coefficient (Wildman–Crippen LogP) is 5.17. The molecule has 1 aromatic carbocycles. The van der Waals surface area contributed by atoms with E-state index in [2.05, 4.69) is 26.1 Å². The average molecular weight is 462 g/mol. The van der Waals surface area contributed by atoms with Crippen LogP contribution in [-0.2, 0) is 18.5 Å². The van der Waals surface area contributed by atoms with Gasteiger partial charge >= 0.3 is 0 Å². The number of aliphatic imine (C=N–C) groups is 1. The van der Waals surface area contributed by atoms with Crippen LogP contribution in [0.4, 0.5) is 0 Å². The first kappa shape index (κ1) is 21.9. The topological polar surface area (TPSA) is 74.3 Å². The summed E-state index contributed by atoms with van der Waals surface area (Å²) in [5.74, 6) is 0.0108. The van der Waals surface area contributed by atoms with Crippen molar-refractivity contribution >= 4 is 23.2 Å². The van der Waals surface area contributed by atoms with E-state index in [0.29, 0.717) is 23.6 Å². The van der Waals surface area contributed by atoms with Gasteiger partial charge in [-0.15, -0.1) is 0 Å². The minimum atomic E-state index is -0.561. The van der Waals surface area contributed by atoms with Gasteiger partial charge in [0.1, 0.15) is 6.07 Å². The van der Waals surface area contributed by atoms with E-state index >= 15 is 0 Å². The van der Waals surface area contributed by atoms with Crippen molar-refractivity contribution in [3.63, 3.8) is 0 Å². The third-order valence-electron chi connectivity index (χ3n) is 7.61. The molecule has 2 aliphatic heterocycles. The average Bonchev–Trinajstić information content (AvgIpc) is 3.49. The van der Waals surface area contributed by atoms with Gasteiger partial charge in [0.25, 0.3) is 5.91 Å². The van der Waals surface area contributed by atoms with Crippen LogP contribution in [0.1, 0.15) is 73.0 Å². The molecule has 7 heteroatoms. The number of nitrogens with zero attached hydrogens (tertiary/aromatic N) is 5. The van der Waals surface area contributed by atoms with Gasteiger partial charge in [-0.3, -0.25) is 9.48 Å². The number of amides is 1. The highest BCUT2D eigenvalue weighted by Gasteiger charge is 2.40. The summed E-state index contributed by atoms with van der Waals surface area (Å²) in [4.78, 5) is 19.1. The van der Waals surface area contributed by atoms with Crippen molar-refractivity contribution in [3.05, 3.63) is 63.6 Å². The zero-order valence-corrected chi connectivity index (χ0v) is 20.1. The summed E-state index contributed by atoms with van der Waals surface area (Å²) in [5, 5.41) is 14.8. The van der Waals surface area contributed by atoms with Crippen LogP contribution in [0.25, 0.3) is 0 Å². The van der Waals surface area contributed by atoms with Crippen molar-refractivity contribution in [1.29, 1.82) is 5.26 Å². The van der Waals surface area contributed by atoms with E-state index in [1.54, 1.807) is 11.9 Å². The van der Waals surface area contributed by atoms with Gasteiger partial charge in [0, 0.05) is 49.3 Å². The van der Waals surface area contributed by atoms with E-state index in [1.165, 1.54) is 25.7 Å². The molecule has 0 saturated heterocycles. The largest absolute Gasteiger partial charge is 0.337 e. The van der Waals surface area contributed by atoms with Gasteiger partial charge in [0.15, 0.2) is 5.70 Å². The van der Waals surface area contributed by atoms with Crippen molar-refractivity contribution in [2.24, 2.45) is 10.4 Å². The Bertz CT molecular complexity index is 1240. The van der Waals surface area contributed by atoms with Gasteiger partial charge < -0.3 is 4.90 Å². The summed E-state index contributed by atoms with van der Waals surface area (Å²) in [7, 11) is 1.81. The standard InChI is InChI=1S/C26H28ClN5O/c1-25(8-4-5-9-25)16-32-15-19(13-29-32)26(2)11-21(27)22(12-28)30-23(26)17-6-7-18-14-31(3)24(33)20(18)10-17/h6-7,10,13,15H,4-5,8-9,11,14,16H2,1-3H3. The lowest BCUT2D eigenvalue weighted by atomic mass is 9.72. The van der Waals surface area contributed by atoms with Crippen LogP contribution in [0.3, 0.4) is 0 Å². The number of halogens is 1. The van der Waals surface area contributed by atoms with Crippen LogP contribution in [0, 0.1) is 16.7 Å². The Hall–Kier alpha value is -2.91. The highest BCUT2D eigenvalue weighted by molar-refractivity contribution is 6.31. The summed E-state index contributed by atoms with van der Waals surface area (Å²) in [6.07, 6.45) is 9.48. The van der Waals surface area contributed by atoms with E-state index in [4.69, 9.17) is 21.7 Å². The second kappa shape index (κ2) is 7.85. The molecule has 1 unspecified atom stereocenters. The number of hydrogen-bond donors (Lipinski definition) is 0. The van der Waals surface area contributed by atoms with Gasteiger partial charge in [0.05, 0.1) is 16.9 Å². The van der Waals surface area contributed by atoms with E-state index < -0.39 is 5.41 Å². The van der Waals surface area contributed by atoms with Crippen molar-refractivity contribution in [1.82, 2.24) is 14.7 Å². The molecule has 0 spiro atoms. The van der Waals surface area contributed by atoms with Gasteiger partial charge in [-0.25, -0.2) is 4.99 Å². The maximum absolute atomic E-state index is 12.6. The fraction of sp³-hybridized carbons (Fsp3) is 0.462. The number of nitriles is 1. The molecule has 1 atom stereocenters. The van der Waals surface area contributed by atoms with E-state index in [-0.39, 0.29) is 17.0 Å². The van der Waals surface area contributed by atoms with Crippen LogP contribution in [0.2, 0.25) is 0 Å². The zero-order valence-electron chi connectivity index (χ0n) is 19.4. The molecule has 33 heavy (non-hydrogen) atoms. The minimum absolute atomic E-state index is 0.0108. The normalized spacial score (nSPS) is 24.2.